The first-order chi connectivity index (χ1) is 11.7. The summed E-state index contributed by atoms with van der Waals surface area (Å²) in [5, 5.41) is 12.7. The van der Waals surface area contributed by atoms with E-state index in [9.17, 15) is 19.6 Å². The molecule has 2 amide bonds. The van der Waals surface area contributed by atoms with Gasteiger partial charge in [0.15, 0.2) is 0 Å². The Labute approximate surface area is 150 Å². The van der Waals surface area contributed by atoms with E-state index >= 15 is 0 Å². The largest absolute Gasteiger partial charge is 0.351 e. The molecule has 1 aromatic rings. The number of carbonyl (C=O) groups excluding carboxylic acids is 3. The third-order valence-corrected chi connectivity index (χ3v) is 3.54. The monoisotopic (exact) mass is 350 g/mol. The van der Waals surface area contributed by atoms with Crippen molar-refractivity contribution in [3.8, 4) is 0 Å². The van der Waals surface area contributed by atoms with Gasteiger partial charge in [-0.3, -0.25) is 19.6 Å². The van der Waals surface area contributed by atoms with Crippen LogP contribution in [0.5, 0.6) is 0 Å². The van der Waals surface area contributed by atoms with Gasteiger partial charge in [-0.15, -0.1) is 0 Å². The van der Waals surface area contributed by atoms with E-state index in [2.05, 4.69) is 5.32 Å². The fraction of sp³-hybridized carbons (Fsp3) is 0.526. The predicted molar refractivity (Wildman–Crippen MR) is 97.0 cm³/mol. The SMILES string of the molecule is CC(=O)C(C)C.CC(C)C(=O)N[C@@H](Cc1ccccc1)CN(O)C=O. The molecular weight excluding hydrogens is 320 g/mol. The first kappa shape index (κ1) is 22.8. The molecule has 1 aromatic carbocycles. The van der Waals surface area contributed by atoms with Crippen LogP contribution in [0.15, 0.2) is 30.3 Å². The Morgan fingerprint density at radius 2 is 1.64 bits per heavy atom. The van der Waals surface area contributed by atoms with Gasteiger partial charge in [0.05, 0.1) is 12.6 Å². The second kappa shape index (κ2) is 12.2. The van der Waals surface area contributed by atoms with E-state index in [1.54, 1.807) is 20.8 Å². The standard InChI is InChI=1S/C14H20N2O3.C5H10O/c1-11(2)14(18)15-13(9-16(19)10-17)8-12-6-4-3-5-7-12;1-4(2)5(3)6/h3-7,10-11,13,19H,8-9H2,1-2H3,(H,15,18);4H,1-3H3/t13-;/m0./s1. The van der Waals surface area contributed by atoms with E-state index in [-0.39, 0.29) is 36.1 Å². The molecule has 0 unspecified atom stereocenters. The molecule has 0 aliphatic rings. The molecular formula is C19H30N2O4. The summed E-state index contributed by atoms with van der Waals surface area (Å²) in [7, 11) is 0. The number of amides is 2. The topological polar surface area (TPSA) is 86.7 Å². The average Bonchev–Trinajstić information content (AvgIpc) is 2.55. The smallest absolute Gasteiger partial charge is 0.233 e. The highest BCUT2D eigenvalue weighted by Gasteiger charge is 2.17. The number of rotatable bonds is 8. The Kier molecular flexibility index (Phi) is 11.1. The minimum atomic E-state index is -0.313. The van der Waals surface area contributed by atoms with Crippen molar-refractivity contribution in [3.05, 3.63) is 35.9 Å². The minimum Gasteiger partial charge on any atom is -0.351 e. The highest BCUT2D eigenvalue weighted by molar-refractivity contribution is 5.78. The lowest BCUT2D eigenvalue weighted by molar-refractivity contribution is -0.151. The maximum atomic E-state index is 11.7. The van der Waals surface area contributed by atoms with Crippen molar-refractivity contribution in [3.63, 3.8) is 0 Å². The number of carbonyl (C=O) groups is 3. The Balaban J connectivity index is 0.000000823. The lowest BCUT2D eigenvalue weighted by atomic mass is 10.0. The fourth-order valence-corrected chi connectivity index (χ4v) is 1.70. The molecule has 0 saturated carbocycles. The van der Waals surface area contributed by atoms with Crippen LogP contribution in [0.4, 0.5) is 0 Å². The summed E-state index contributed by atoms with van der Waals surface area (Å²) >= 11 is 0. The molecule has 0 fully saturated rings. The zero-order chi connectivity index (χ0) is 19.4. The number of hydrogen-bond acceptors (Lipinski definition) is 4. The number of nitrogens with zero attached hydrogens (tertiary/aromatic N) is 1. The second-order valence-electron chi connectivity index (χ2n) is 6.54. The number of Topliss-reactive ketones (excluding diaryl/α,β-unsaturated/α-hetero) is 1. The van der Waals surface area contributed by atoms with Crippen molar-refractivity contribution in [1.82, 2.24) is 10.4 Å². The lowest BCUT2D eigenvalue weighted by Crippen LogP contribution is -2.45. The number of benzene rings is 1. The van der Waals surface area contributed by atoms with E-state index < -0.39 is 0 Å². The van der Waals surface area contributed by atoms with Crippen LogP contribution in [0, 0.1) is 11.8 Å². The van der Waals surface area contributed by atoms with Gasteiger partial charge in [0.25, 0.3) is 0 Å². The first-order valence-electron chi connectivity index (χ1n) is 8.42. The van der Waals surface area contributed by atoms with Crippen molar-refractivity contribution >= 4 is 18.1 Å². The molecule has 0 saturated heterocycles. The Morgan fingerprint density at radius 1 is 1.12 bits per heavy atom. The maximum Gasteiger partial charge on any atom is 0.233 e. The molecule has 25 heavy (non-hydrogen) atoms. The van der Waals surface area contributed by atoms with E-state index in [0.717, 1.165) is 5.56 Å². The zero-order valence-electron chi connectivity index (χ0n) is 15.7. The Bertz CT molecular complexity index is 529. The van der Waals surface area contributed by atoms with Crippen molar-refractivity contribution in [2.75, 3.05) is 6.54 Å². The second-order valence-corrected chi connectivity index (χ2v) is 6.54. The summed E-state index contributed by atoms with van der Waals surface area (Å²) < 4.78 is 0. The van der Waals surface area contributed by atoms with Crippen molar-refractivity contribution in [1.29, 1.82) is 0 Å². The van der Waals surface area contributed by atoms with Gasteiger partial charge < -0.3 is 5.32 Å². The summed E-state index contributed by atoms with van der Waals surface area (Å²) in [6.07, 6.45) is 0.893. The fourth-order valence-electron chi connectivity index (χ4n) is 1.70. The molecule has 1 rings (SSSR count). The molecule has 0 aliphatic carbocycles. The summed E-state index contributed by atoms with van der Waals surface area (Å²) in [5.41, 5.74) is 1.04. The Morgan fingerprint density at radius 3 is 2.04 bits per heavy atom. The van der Waals surface area contributed by atoms with Crippen LogP contribution >= 0.6 is 0 Å². The summed E-state index contributed by atoms with van der Waals surface area (Å²) in [6, 6.07) is 9.30. The van der Waals surface area contributed by atoms with Gasteiger partial charge in [0.1, 0.15) is 5.78 Å². The minimum absolute atomic E-state index is 0.0663. The van der Waals surface area contributed by atoms with E-state index in [1.807, 2.05) is 44.2 Å². The zero-order valence-corrected chi connectivity index (χ0v) is 15.7. The van der Waals surface area contributed by atoms with Gasteiger partial charge in [0.2, 0.25) is 12.3 Å². The normalized spacial score (nSPS) is 11.4. The predicted octanol–water partition coefficient (Wildman–Crippen LogP) is 2.45. The molecule has 140 valence electrons. The highest BCUT2D eigenvalue weighted by atomic mass is 16.5. The molecule has 0 spiro atoms. The molecule has 0 radical (unpaired) electrons. The highest BCUT2D eigenvalue weighted by Crippen LogP contribution is 2.05. The van der Waals surface area contributed by atoms with Crippen molar-refractivity contribution in [2.45, 2.75) is 47.1 Å². The molecule has 1 atom stereocenters. The van der Waals surface area contributed by atoms with Crippen LogP contribution in [0.3, 0.4) is 0 Å². The van der Waals surface area contributed by atoms with Gasteiger partial charge in [0, 0.05) is 11.8 Å². The number of hydroxylamine groups is 2. The van der Waals surface area contributed by atoms with Gasteiger partial charge in [-0.05, 0) is 18.9 Å². The van der Waals surface area contributed by atoms with Crippen LogP contribution < -0.4 is 5.32 Å². The molecule has 6 nitrogen and oxygen atoms in total. The van der Waals surface area contributed by atoms with E-state index in [4.69, 9.17) is 0 Å². The van der Waals surface area contributed by atoms with Crippen LogP contribution in [0.2, 0.25) is 0 Å². The molecule has 6 heteroatoms. The van der Waals surface area contributed by atoms with E-state index in [1.165, 1.54) is 0 Å². The quantitative estimate of drug-likeness (QED) is 0.428. The van der Waals surface area contributed by atoms with Crippen LogP contribution in [0.25, 0.3) is 0 Å². The van der Waals surface area contributed by atoms with Gasteiger partial charge >= 0.3 is 0 Å². The molecule has 2 N–H and O–H groups in total. The third-order valence-electron chi connectivity index (χ3n) is 3.54. The van der Waals surface area contributed by atoms with Gasteiger partial charge in [-0.25, -0.2) is 5.06 Å². The maximum absolute atomic E-state index is 11.7. The number of hydrogen-bond donors (Lipinski definition) is 2. The van der Waals surface area contributed by atoms with Crippen molar-refractivity contribution < 1.29 is 19.6 Å². The van der Waals surface area contributed by atoms with Crippen LogP contribution in [-0.4, -0.2) is 41.0 Å². The van der Waals surface area contributed by atoms with Crippen molar-refractivity contribution in [2.24, 2.45) is 11.8 Å². The molecule has 0 heterocycles. The van der Waals surface area contributed by atoms with Crippen LogP contribution in [0.1, 0.15) is 40.2 Å². The summed E-state index contributed by atoms with van der Waals surface area (Å²) in [5.74, 6) is 0.238. The first-order valence-corrected chi connectivity index (χ1v) is 8.42. The number of ketones is 1. The van der Waals surface area contributed by atoms with E-state index in [0.29, 0.717) is 17.9 Å². The molecule has 0 aromatic heterocycles. The van der Waals surface area contributed by atoms with Gasteiger partial charge in [-0.2, -0.15) is 0 Å². The third kappa shape index (κ3) is 11.1. The lowest BCUT2D eigenvalue weighted by Gasteiger charge is -2.22. The number of nitrogens with one attached hydrogen (secondary N) is 1. The average molecular weight is 350 g/mol. The Hall–Kier alpha value is -2.21. The molecule has 0 bridgehead atoms. The summed E-state index contributed by atoms with van der Waals surface area (Å²) in [6.45, 7) is 9.04. The molecule has 0 aliphatic heterocycles. The summed E-state index contributed by atoms with van der Waals surface area (Å²) in [4.78, 5) is 32.3. The van der Waals surface area contributed by atoms with Crippen LogP contribution in [-0.2, 0) is 20.8 Å². The van der Waals surface area contributed by atoms with Gasteiger partial charge in [-0.1, -0.05) is 58.0 Å².